The van der Waals surface area contributed by atoms with E-state index >= 15 is 0 Å². The SMILES string of the molecule is CCC1CC(N2CCC(c3cc(C)c4nc(-c5ccc(S(C)(=O)=O)cc5)n(C)c4c3)CC2)CC(C)N1C1CCOCC1. The van der Waals surface area contributed by atoms with Crippen LogP contribution in [0.3, 0.4) is 0 Å². The van der Waals surface area contributed by atoms with Crippen LogP contribution in [0.2, 0.25) is 0 Å². The van der Waals surface area contributed by atoms with Crippen LogP contribution in [0.1, 0.15) is 75.8 Å². The summed E-state index contributed by atoms with van der Waals surface area (Å²) >= 11 is 0. The van der Waals surface area contributed by atoms with E-state index in [2.05, 4.69) is 54.3 Å². The van der Waals surface area contributed by atoms with Crippen molar-refractivity contribution in [3.05, 3.63) is 47.5 Å². The number of nitrogens with zero attached hydrogens (tertiary/aromatic N) is 4. The summed E-state index contributed by atoms with van der Waals surface area (Å²) in [5.74, 6) is 1.44. The Labute approximate surface area is 252 Å². The third kappa shape index (κ3) is 5.80. The molecular weight excluding hydrogens is 544 g/mol. The normalized spacial score (nSPS) is 25.8. The van der Waals surface area contributed by atoms with Gasteiger partial charge in [-0.05, 0) is 119 Å². The number of ether oxygens (including phenoxy) is 1. The number of hydrogen-bond donors (Lipinski definition) is 0. The number of sulfone groups is 1. The third-order valence-electron chi connectivity index (χ3n) is 10.4. The maximum absolute atomic E-state index is 11.9. The molecule has 3 unspecified atom stereocenters. The lowest BCUT2D eigenvalue weighted by molar-refractivity contribution is -0.0440. The summed E-state index contributed by atoms with van der Waals surface area (Å²) in [7, 11) is -1.16. The molecule has 3 aliphatic heterocycles. The van der Waals surface area contributed by atoms with E-state index in [4.69, 9.17) is 9.72 Å². The van der Waals surface area contributed by atoms with E-state index < -0.39 is 9.84 Å². The molecule has 0 bridgehead atoms. The highest BCUT2D eigenvalue weighted by Gasteiger charge is 2.39. The smallest absolute Gasteiger partial charge is 0.175 e. The predicted molar refractivity (Wildman–Crippen MR) is 170 cm³/mol. The number of aromatic nitrogens is 2. The number of fused-ring (bicyclic) bond motifs is 1. The number of rotatable bonds is 6. The van der Waals surface area contributed by atoms with E-state index in [1.807, 2.05) is 12.1 Å². The van der Waals surface area contributed by atoms with Crippen LogP contribution < -0.4 is 0 Å². The fourth-order valence-electron chi connectivity index (χ4n) is 8.15. The van der Waals surface area contributed by atoms with Crippen LogP contribution in [0.5, 0.6) is 0 Å². The lowest BCUT2D eigenvalue weighted by Crippen LogP contribution is -2.58. The Balaban J connectivity index is 1.15. The van der Waals surface area contributed by atoms with Crippen molar-refractivity contribution in [2.75, 3.05) is 32.6 Å². The summed E-state index contributed by atoms with van der Waals surface area (Å²) in [5, 5.41) is 0. The van der Waals surface area contributed by atoms with Gasteiger partial charge >= 0.3 is 0 Å². The van der Waals surface area contributed by atoms with Crippen molar-refractivity contribution in [1.82, 2.24) is 19.4 Å². The Kier molecular flexibility index (Phi) is 8.53. The maximum Gasteiger partial charge on any atom is 0.175 e. The minimum Gasteiger partial charge on any atom is -0.381 e. The topological polar surface area (TPSA) is 67.7 Å². The van der Waals surface area contributed by atoms with Gasteiger partial charge in [-0.25, -0.2) is 13.4 Å². The molecule has 6 rings (SSSR count). The van der Waals surface area contributed by atoms with Crippen molar-refractivity contribution < 1.29 is 13.2 Å². The zero-order valence-corrected chi connectivity index (χ0v) is 26.9. The van der Waals surface area contributed by atoms with Gasteiger partial charge in [0.05, 0.1) is 15.9 Å². The van der Waals surface area contributed by atoms with E-state index in [1.165, 1.54) is 75.4 Å². The first kappa shape index (κ1) is 29.8. The largest absolute Gasteiger partial charge is 0.381 e. The second kappa shape index (κ2) is 12.0. The molecule has 0 amide bonds. The van der Waals surface area contributed by atoms with Crippen molar-refractivity contribution in [2.45, 2.75) is 101 Å². The van der Waals surface area contributed by atoms with Crippen LogP contribution in [0.4, 0.5) is 0 Å². The van der Waals surface area contributed by atoms with E-state index in [1.54, 1.807) is 12.1 Å². The summed E-state index contributed by atoms with van der Waals surface area (Å²) in [5.41, 5.74) is 5.74. The molecule has 0 saturated carbocycles. The predicted octanol–water partition coefficient (Wildman–Crippen LogP) is 5.94. The van der Waals surface area contributed by atoms with Gasteiger partial charge in [-0.1, -0.05) is 13.0 Å². The van der Waals surface area contributed by atoms with Gasteiger partial charge in [-0.3, -0.25) is 4.90 Å². The van der Waals surface area contributed by atoms with Crippen LogP contribution in [0.15, 0.2) is 41.3 Å². The van der Waals surface area contributed by atoms with Crippen molar-refractivity contribution >= 4 is 20.9 Å². The van der Waals surface area contributed by atoms with Gasteiger partial charge in [-0.2, -0.15) is 0 Å². The van der Waals surface area contributed by atoms with Crippen LogP contribution >= 0.6 is 0 Å². The van der Waals surface area contributed by atoms with E-state index in [0.29, 0.717) is 35.0 Å². The summed E-state index contributed by atoms with van der Waals surface area (Å²) in [4.78, 5) is 11.0. The molecule has 3 fully saturated rings. The minimum absolute atomic E-state index is 0.333. The van der Waals surface area contributed by atoms with Crippen molar-refractivity contribution in [3.8, 4) is 11.4 Å². The number of aryl methyl sites for hydroxylation is 2. The fourth-order valence-corrected chi connectivity index (χ4v) is 8.78. The number of benzene rings is 2. The van der Waals surface area contributed by atoms with Crippen LogP contribution in [-0.2, 0) is 21.6 Å². The molecule has 0 aliphatic carbocycles. The van der Waals surface area contributed by atoms with Crippen LogP contribution in [0, 0.1) is 6.92 Å². The summed E-state index contributed by atoms with van der Waals surface area (Å²) in [6.07, 6.45) is 9.85. The second-order valence-corrected chi connectivity index (χ2v) is 15.1. The summed E-state index contributed by atoms with van der Waals surface area (Å²) in [6, 6.07) is 14.5. The highest BCUT2D eigenvalue weighted by atomic mass is 32.2. The number of hydrogen-bond acceptors (Lipinski definition) is 6. The average molecular weight is 593 g/mol. The maximum atomic E-state index is 11.9. The number of piperidine rings is 2. The highest BCUT2D eigenvalue weighted by Crippen LogP contribution is 2.37. The molecule has 42 heavy (non-hydrogen) atoms. The molecule has 228 valence electrons. The first-order valence-electron chi connectivity index (χ1n) is 16.0. The molecule has 8 heteroatoms. The van der Waals surface area contributed by atoms with Gasteiger partial charge in [0, 0.05) is 56.2 Å². The molecule has 3 aliphatic rings. The zero-order chi connectivity index (χ0) is 29.6. The third-order valence-corrected chi connectivity index (χ3v) is 11.6. The molecule has 1 aromatic heterocycles. The Bertz CT molecular complexity index is 1500. The minimum atomic E-state index is -3.22. The molecule has 0 radical (unpaired) electrons. The Morgan fingerprint density at radius 1 is 0.976 bits per heavy atom. The van der Waals surface area contributed by atoms with Gasteiger partial charge < -0.3 is 14.2 Å². The van der Waals surface area contributed by atoms with Gasteiger partial charge in [0.1, 0.15) is 5.82 Å². The number of imidazole rings is 1. The molecular formula is C34H48N4O3S. The molecule has 2 aromatic carbocycles. The molecule has 3 aromatic rings. The Morgan fingerprint density at radius 3 is 2.31 bits per heavy atom. The molecule has 7 nitrogen and oxygen atoms in total. The molecule has 4 heterocycles. The monoisotopic (exact) mass is 592 g/mol. The Hall–Kier alpha value is -2.26. The average Bonchev–Trinajstić information content (AvgIpc) is 3.33. The van der Waals surface area contributed by atoms with Crippen molar-refractivity contribution in [3.63, 3.8) is 0 Å². The van der Waals surface area contributed by atoms with Gasteiger partial charge in [0.25, 0.3) is 0 Å². The molecule has 3 atom stereocenters. The first-order valence-corrected chi connectivity index (χ1v) is 17.9. The van der Waals surface area contributed by atoms with Gasteiger partial charge in [-0.15, -0.1) is 0 Å². The van der Waals surface area contributed by atoms with Crippen molar-refractivity contribution in [1.29, 1.82) is 0 Å². The first-order chi connectivity index (χ1) is 20.1. The fraction of sp³-hybridized carbons (Fsp3) is 0.618. The molecule has 0 spiro atoms. The van der Waals surface area contributed by atoms with Crippen LogP contribution in [0.25, 0.3) is 22.4 Å². The molecule has 3 saturated heterocycles. The summed E-state index contributed by atoms with van der Waals surface area (Å²) < 4.78 is 31.7. The lowest BCUT2D eigenvalue weighted by Gasteiger charge is -2.51. The van der Waals surface area contributed by atoms with Crippen LogP contribution in [-0.4, -0.2) is 84.5 Å². The van der Waals surface area contributed by atoms with Crippen molar-refractivity contribution in [2.24, 2.45) is 7.05 Å². The Morgan fingerprint density at radius 2 is 1.67 bits per heavy atom. The molecule has 0 N–H and O–H groups in total. The van der Waals surface area contributed by atoms with Gasteiger partial charge in [0.15, 0.2) is 9.84 Å². The number of likely N-dealkylation sites (tertiary alicyclic amines) is 2. The quantitative estimate of drug-likeness (QED) is 0.353. The zero-order valence-electron chi connectivity index (χ0n) is 26.1. The standard InChI is InChI=1S/C34H48N4O3S/c1-6-28-22-30(20-24(3)38(28)29-13-17-41-18-14-29)37-15-11-25(12-16-37)27-19-23(2)33-32(21-27)36(4)34(35-33)26-7-9-31(10-8-26)42(5,39)40/h7-10,19,21,24-25,28-30H,6,11-18,20,22H2,1-5H3. The van der Waals surface area contributed by atoms with E-state index in [0.717, 1.165) is 35.6 Å². The highest BCUT2D eigenvalue weighted by molar-refractivity contribution is 7.90. The lowest BCUT2D eigenvalue weighted by atomic mass is 9.83. The van der Waals surface area contributed by atoms with Gasteiger partial charge in [0.2, 0.25) is 0 Å². The second-order valence-electron chi connectivity index (χ2n) is 13.1. The van der Waals surface area contributed by atoms with E-state index in [-0.39, 0.29) is 0 Å². The summed E-state index contributed by atoms with van der Waals surface area (Å²) in [6.45, 7) is 11.2. The van der Waals surface area contributed by atoms with E-state index in [9.17, 15) is 8.42 Å².